The molecule has 1 aromatic rings. The smallest absolute Gasteiger partial charge is 0.249 e. The number of allylic oxidation sites excluding steroid dienone is 5. The zero-order chi connectivity index (χ0) is 47.1. The molecule has 6 unspecified atom stereocenters. The second-order valence-electron chi connectivity index (χ2n) is 19.7. The number of aliphatic hydroxyl groups excluding tert-OH is 4. The number of carbonyl (C=O) groups is 5. The van der Waals surface area contributed by atoms with E-state index in [2.05, 4.69) is 16.7 Å². The summed E-state index contributed by atoms with van der Waals surface area (Å²) in [5.41, 5.74) is -2.24. The van der Waals surface area contributed by atoms with Gasteiger partial charge in [0.1, 0.15) is 58.9 Å². The fourth-order valence-corrected chi connectivity index (χ4v) is 10.7. The normalized spacial score (nSPS) is 35.1. The van der Waals surface area contributed by atoms with Gasteiger partial charge in [-0.25, -0.2) is 0 Å². The van der Waals surface area contributed by atoms with E-state index in [0.29, 0.717) is 36.1 Å². The quantitative estimate of drug-likeness (QED) is 0.100. The fourth-order valence-electron chi connectivity index (χ4n) is 10.7. The number of fused-ring (bicyclic) bond motifs is 2. The Kier molecular flexibility index (Phi) is 12.0. The van der Waals surface area contributed by atoms with E-state index in [4.69, 9.17) is 23.7 Å². The summed E-state index contributed by atoms with van der Waals surface area (Å²) in [6, 6.07) is -0.931. The van der Waals surface area contributed by atoms with Crippen molar-refractivity contribution < 1.29 is 68.1 Å². The maximum Gasteiger partial charge on any atom is 0.249 e. The van der Waals surface area contributed by atoms with Gasteiger partial charge in [-0.2, -0.15) is 0 Å². The summed E-state index contributed by atoms with van der Waals surface area (Å²) in [4.78, 5) is 68.6. The number of rotatable bonds is 12. The van der Waals surface area contributed by atoms with Gasteiger partial charge in [0.05, 0.1) is 17.8 Å². The summed E-state index contributed by atoms with van der Waals surface area (Å²) in [5.74, 6) is -3.52. The molecule has 4 bridgehead atoms. The first-order valence-electron chi connectivity index (χ1n) is 22.4. The Hall–Kier alpha value is -4.97. The van der Waals surface area contributed by atoms with Crippen LogP contribution in [0.2, 0.25) is 0 Å². The molecule has 65 heavy (non-hydrogen) atoms. The molecular weight excluding hydrogens is 841 g/mol. The van der Waals surface area contributed by atoms with E-state index in [1.165, 1.54) is 0 Å². The van der Waals surface area contributed by atoms with Gasteiger partial charge < -0.3 is 49.4 Å². The maximum atomic E-state index is 15.8. The van der Waals surface area contributed by atoms with Gasteiger partial charge in [-0.1, -0.05) is 35.5 Å². The van der Waals surface area contributed by atoms with Gasteiger partial charge in [0.25, 0.3) is 0 Å². The molecule has 6 N–H and O–H groups in total. The highest BCUT2D eigenvalue weighted by molar-refractivity contribution is 6.19. The van der Waals surface area contributed by atoms with Crippen molar-refractivity contribution in [3.8, 4) is 17.2 Å². The van der Waals surface area contributed by atoms with Crippen LogP contribution in [-0.4, -0.2) is 115 Å². The first kappa shape index (κ1) is 46.6. The van der Waals surface area contributed by atoms with Crippen molar-refractivity contribution in [2.24, 2.45) is 11.8 Å². The van der Waals surface area contributed by atoms with Gasteiger partial charge in [-0.15, -0.1) is 0 Å². The molecular formula is C49H60N2O14. The molecule has 8 aliphatic rings. The largest absolute Gasteiger partial charge is 0.482 e. The van der Waals surface area contributed by atoms with E-state index >= 15 is 4.79 Å². The number of ketones is 2. The van der Waals surface area contributed by atoms with Gasteiger partial charge in [0.15, 0.2) is 22.8 Å². The zero-order valence-corrected chi connectivity index (χ0v) is 38.1. The predicted molar refractivity (Wildman–Crippen MR) is 234 cm³/mol. The molecule has 3 saturated heterocycles. The van der Waals surface area contributed by atoms with Crippen LogP contribution in [0.4, 0.5) is 0 Å². The number of aliphatic hydroxyl groups is 4. The predicted octanol–water partition coefficient (Wildman–Crippen LogP) is 3.55. The van der Waals surface area contributed by atoms with Crippen LogP contribution in [0.15, 0.2) is 52.7 Å². The lowest BCUT2D eigenvalue weighted by atomic mass is 9.51. The van der Waals surface area contributed by atoms with Crippen LogP contribution in [0.1, 0.15) is 115 Å². The molecule has 1 aromatic carbocycles. The van der Waals surface area contributed by atoms with E-state index in [0.717, 1.165) is 11.1 Å². The van der Waals surface area contributed by atoms with Crippen LogP contribution in [0.3, 0.4) is 0 Å². The lowest BCUT2D eigenvalue weighted by Crippen LogP contribution is -2.72. The highest BCUT2D eigenvalue weighted by Gasteiger charge is 2.81. The minimum absolute atomic E-state index is 0.0427. The number of hydrogen-bond acceptors (Lipinski definition) is 14. The number of ether oxygens (including phenoxy) is 5. The maximum absolute atomic E-state index is 15.8. The van der Waals surface area contributed by atoms with Gasteiger partial charge in [-0.3, -0.25) is 29.3 Å². The molecule has 3 aliphatic carbocycles. The molecule has 4 fully saturated rings. The van der Waals surface area contributed by atoms with Gasteiger partial charge >= 0.3 is 0 Å². The molecule has 0 radical (unpaired) electrons. The Morgan fingerprint density at radius 3 is 2.35 bits per heavy atom. The van der Waals surface area contributed by atoms with Crippen LogP contribution < -0.4 is 24.8 Å². The zero-order valence-electron chi connectivity index (χ0n) is 38.1. The third kappa shape index (κ3) is 7.59. The standard InChI is InChI=1S/C49H60N2O14/c1-23(2)10-9-17-47(8)18-16-28-39(63-47)27(12-11-24(3)4)41-34(40(28)62-45-38(57)37(56)36(55)31(22-52)61-45)35(54)29-20-26-21-32-46(6,7)65-48(42(26)58,49(29,32)64-41)19-15-25(5)43(59)50-30-13-14-33(53)51-44(30)60/h10-11,15-16,18,20,26,30-32,36-38,45,52,55-57H,9,12-14,17,19,21-22H2,1-8H3,(H,50,59)(H,51,53,60)/t26?,30?,31-,32?,36-,37-,38-,45+,47?,48?,49?/m1/s1. The van der Waals surface area contributed by atoms with Crippen LogP contribution in [0.5, 0.6) is 17.2 Å². The topological polar surface area (TPSA) is 236 Å². The Morgan fingerprint density at radius 1 is 0.954 bits per heavy atom. The summed E-state index contributed by atoms with van der Waals surface area (Å²) in [5, 5.41) is 47.7. The number of benzene rings is 1. The third-order valence-corrected chi connectivity index (χ3v) is 14.1. The monoisotopic (exact) mass is 900 g/mol. The van der Waals surface area contributed by atoms with Crippen molar-refractivity contribution in [1.82, 2.24) is 10.6 Å². The minimum Gasteiger partial charge on any atom is -0.482 e. The average molecular weight is 901 g/mol. The van der Waals surface area contributed by atoms with Crippen LogP contribution >= 0.6 is 0 Å². The Bertz CT molecular complexity index is 2380. The van der Waals surface area contributed by atoms with E-state index in [9.17, 15) is 39.6 Å². The van der Waals surface area contributed by atoms with E-state index in [1.807, 2.05) is 60.6 Å². The molecule has 9 rings (SSSR count). The van der Waals surface area contributed by atoms with Crippen molar-refractivity contribution in [3.05, 3.63) is 69.4 Å². The number of carbonyl (C=O) groups excluding carboxylic acids is 5. The molecule has 16 heteroatoms. The number of piperidine rings is 1. The molecule has 3 amide bonds. The Balaban J connectivity index is 1.30. The number of imide groups is 1. The first-order chi connectivity index (χ1) is 30.6. The van der Waals surface area contributed by atoms with Crippen LogP contribution in [0.25, 0.3) is 6.08 Å². The van der Waals surface area contributed by atoms with Crippen molar-refractivity contribution in [2.45, 2.75) is 159 Å². The molecule has 1 spiro atoms. The minimum atomic E-state index is -1.82. The molecule has 5 heterocycles. The molecule has 1 saturated carbocycles. The SMILES string of the molecule is CC(C)=CCCC1(C)C=Cc2c(c(CC=C(C)C)c3c(c2O[C@@H]2O[C@H](CO)[C@@H](O)[C@@H](O)[C@H]2O)C(=O)C2=CC4CC5C(C)(C)OC(CC=C(C)C(=O)NC6CCC(=O)NC6=O)(C4=O)C25O3)O1. The van der Waals surface area contributed by atoms with Gasteiger partial charge in [0, 0.05) is 41.4 Å². The van der Waals surface area contributed by atoms with E-state index < -0.39 is 101 Å². The van der Waals surface area contributed by atoms with Gasteiger partial charge in [0.2, 0.25) is 24.0 Å². The van der Waals surface area contributed by atoms with E-state index in [-0.39, 0.29) is 59.7 Å². The summed E-state index contributed by atoms with van der Waals surface area (Å²) < 4.78 is 33.7. The molecule has 16 nitrogen and oxygen atoms in total. The van der Waals surface area contributed by atoms with Crippen molar-refractivity contribution in [1.29, 1.82) is 0 Å². The fraction of sp³-hybridized carbons (Fsp3) is 0.571. The first-order valence-corrected chi connectivity index (χ1v) is 22.4. The molecule has 350 valence electrons. The molecule has 5 aliphatic heterocycles. The van der Waals surface area contributed by atoms with Crippen molar-refractivity contribution in [2.75, 3.05) is 6.61 Å². The molecule has 11 atom stereocenters. The average Bonchev–Trinajstić information content (AvgIpc) is 3.39. The van der Waals surface area contributed by atoms with Crippen LogP contribution in [-0.2, 0) is 35.1 Å². The molecule has 0 aromatic heterocycles. The highest BCUT2D eigenvalue weighted by Crippen LogP contribution is 2.69. The van der Waals surface area contributed by atoms with Crippen molar-refractivity contribution in [3.63, 3.8) is 0 Å². The summed E-state index contributed by atoms with van der Waals surface area (Å²) in [6.45, 7) is 14.4. The summed E-state index contributed by atoms with van der Waals surface area (Å²) in [6.07, 6.45) is 4.46. The van der Waals surface area contributed by atoms with Crippen LogP contribution in [0, 0.1) is 11.8 Å². The third-order valence-electron chi connectivity index (χ3n) is 14.1. The van der Waals surface area contributed by atoms with Crippen molar-refractivity contribution >= 4 is 35.4 Å². The number of hydrogen-bond donors (Lipinski definition) is 6. The number of Topliss-reactive ketones (excluding diaryl/α,β-unsaturated/α-hetero) is 2. The second-order valence-corrected chi connectivity index (χ2v) is 19.7. The Morgan fingerprint density at radius 2 is 1.68 bits per heavy atom. The lowest BCUT2D eigenvalue weighted by molar-refractivity contribution is -0.277. The number of amides is 3. The van der Waals surface area contributed by atoms with E-state index in [1.54, 1.807) is 25.2 Å². The van der Waals surface area contributed by atoms with Gasteiger partial charge in [-0.05, 0) is 99.6 Å². The second kappa shape index (κ2) is 16.7. The highest BCUT2D eigenvalue weighted by atomic mass is 16.7. The lowest BCUT2D eigenvalue weighted by Gasteiger charge is -2.56. The Labute approximate surface area is 377 Å². The summed E-state index contributed by atoms with van der Waals surface area (Å²) in [7, 11) is 0. The number of nitrogens with one attached hydrogen (secondary N) is 2. The summed E-state index contributed by atoms with van der Waals surface area (Å²) >= 11 is 0.